The summed E-state index contributed by atoms with van der Waals surface area (Å²) >= 11 is 13.8. The zero-order chi connectivity index (χ0) is 15.6. The maximum atomic E-state index is 11.1. The number of nitro benzene ring substituents is 1. The van der Waals surface area contributed by atoms with Crippen molar-refractivity contribution < 1.29 is 9.66 Å². The molecule has 9 heteroatoms. The summed E-state index contributed by atoms with van der Waals surface area (Å²) in [4.78, 5) is 18.2. The van der Waals surface area contributed by atoms with Crippen LogP contribution in [0.3, 0.4) is 0 Å². The molecule has 0 spiro atoms. The minimum Gasteiger partial charge on any atom is -0.482 e. The molecule has 0 aliphatic carbocycles. The van der Waals surface area contributed by atoms with E-state index in [2.05, 4.69) is 9.97 Å². The fraction of sp³-hybridized carbons (Fsp3) is 0.167. The standard InChI is InChI=1S/C12H8Cl2IN3O3/c1-6-2-7(15)3-9(18(19)20)10(6)21-4-8-11(13)16-5-17-12(8)14/h2-3,5H,4H2,1H3. The third-order valence-electron chi connectivity index (χ3n) is 2.62. The van der Waals surface area contributed by atoms with Gasteiger partial charge in [0.15, 0.2) is 5.75 Å². The van der Waals surface area contributed by atoms with E-state index < -0.39 is 4.92 Å². The lowest BCUT2D eigenvalue weighted by Crippen LogP contribution is -2.04. The second kappa shape index (κ2) is 6.71. The first-order valence-corrected chi connectivity index (χ1v) is 7.46. The summed E-state index contributed by atoms with van der Waals surface area (Å²) in [6.07, 6.45) is 1.23. The predicted octanol–water partition coefficient (Wildman–Crippen LogP) is 4.18. The zero-order valence-electron chi connectivity index (χ0n) is 10.6. The molecule has 0 saturated carbocycles. The van der Waals surface area contributed by atoms with Crippen molar-refractivity contribution in [3.63, 3.8) is 0 Å². The Bertz CT molecular complexity index is 692. The molecule has 2 aromatic rings. The van der Waals surface area contributed by atoms with Gasteiger partial charge in [-0.15, -0.1) is 0 Å². The summed E-state index contributed by atoms with van der Waals surface area (Å²) in [5.74, 6) is 0.177. The fourth-order valence-corrected chi connectivity index (χ4v) is 2.86. The third-order valence-corrected chi connectivity index (χ3v) is 3.89. The highest BCUT2D eigenvalue weighted by molar-refractivity contribution is 14.1. The highest BCUT2D eigenvalue weighted by Crippen LogP contribution is 2.34. The zero-order valence-corrected chi connectivity index (χ0v) is 14.3. The predicted molar refractivity (Wildman–Crippen MR) is 86.9 cm³/mol. The van der Waals surface area contributed by atoms with Gasteiger partial charge in [-0.25, -0.2) is 9.97 Å². The Balaban J connectivity index is 2.34. The van der Waals surface area contributed by atoms with Crippen molar-refractivity contribution in [3.05, 3.63) is 53.6 Å². The molecule has 0 unspecified atom stereocenters. The van der Waals surface area contributed by atoms with Crippen molar-refractivity contribution in [1.82, 2.24) is 9.97 Å². The topological polar surface area (TPSA) is 78.2 Å². The van der Waals surface area contributed by atoms with Gasteiger partial charge in [0.1, 0.15) is 23.2 Å². The minimum absolute atomic E-state index is 0.0548. The number of benzene rings is 1. The molecule has 110 valence electrons. The third kappa shape index (κ3) is 3.72. The molecular formula is C12H8Cl2IN3O3. The van der Waals surface area contributed by atoms with Crippen LogP contribution in [0, 0.1) is 20.6 Å². The average Bonchev–Trinajstić information content (AvgIpc) is 2.39. The first-order chi connectivity index (χ1) is 9.90. The minimum atomic E-state index is -0.491. The second-order valence-corrected chi connectivity index (χ2v) is 6.01. The molecule has 2 rings (SSSR count). The monoisotopic (exact) mass is 439 g/mol. The van der Waals surface area contributed by atoms with Gasteiger partial charge >= 0.3 is 5.69 Å². The summed E-state index contributed by atoms with van der Waals surface area (Å²) in [6, 6.07) is 3.22. The van der Waals surface area contributed by atoms with E-state index in [4.69, 9.17) is 27.9 Å². The maximum Gasteiger partial charge on any atom is 0.312 e. The van der Waals surface area contributed by atoms with Crippen molar-refractivity contribution in [2.24, 2.45) is 0 Å². The van der Waals surface area contributed by atoms with E-state index >= 15 is 0 Å². The molecule has 21 heavy (non-hydrogen) atoms. The summed E-state index contributed by atoms with van der Waals surface area (Å²) in [5.41, 5.74) is 0.925. The van der Waals surface area contributed by atoms with Crippen LogP contribution in [0.15, 0.2) is 18.5 Å². The molecule has 0 aliphatic heterocycles. The average molecular weight is 440 g/mol. The van der Waals surface area contributed by atoms with Gasteiger partial charge in [0, 0.05) is 9.64 Å². The van der Waals surface area contributed by atoms with Crippen LogP contribution in [0.25, 0.3) is 0 Å². The molecule has 0 radical (unpaired) electrons. The van der Waals surface area contributed by atoms with Crippen LogP contribution in [0.5, 0.6) is 5.75 Å². The van der Waals surface area contributed by atoms with E-state index in [0.29, 0.717) is 11.1 Å². The largest absolute Gasteiger partial charge is 0.482 e. The van der Waals surface area contributed by atoms with Crippen LogP contribution in [0.1, 0.15) is 11.1 Å². The van der Waals surface area contributed by atoms with Gasteiger partial charge in [-0.2, -0.15) is 0 Å². The number of hydrogen-bond donors (Lipinski definition) is 0. The summed E-state index contributed by atoms with van der Waals surface area (Å²) < 4.78 is 6.29. The fourth-order valence-electron chi connectivity index (χ4n) is 1.67. The van der Waals surface area contributed by atoms with Crippen LogP contribution in [0.2, 0.25) is 10.3 Å². The molecule has 0 fully saturated rings. The number of hydrogen-bond acceptors (Lipinski definition) is 5. The van der Waals surface area contributed by atoms with Crippen LogP contribution < -0.4 is 4.74 Å². The number of nitrogens with zero attached hydrogens (tertiary/aromatic N) is 3. The molecule has 0 saturated heterocycles. The van der Waals surface area contributed by atoms with Gasteiger partial charge in [-0.05, 0) is 41.1 Å². The number of aromatic nitrogens is 2. The molecule has 0 aliphatic rings. The molecule has 1 aromatic heterocycles. The number of ether oxygens (including phenoxy) is 1. The number of aryl methyl sites for hydroxylation is 1. The molecule has 1 aromatic carbocycles. The lowest BCUT2D eigenvalue weighted by molar-refractivity contribution is -0.386. The van der Waals surface area contributed by atoms with Crippen molar-refractivity contribution in [2.45, 2.75) is 13.5 Å². The summed E-state index contributed by atoms with van der Waals surface area (Å²) in [5, 5.41) is 11.4. The Morgan fingerprint density at radius 2 is 1.95 bits per heavy atom. The lowest BCUT2D eigenvalue weighted by Gasteiger charge is -2.11. The van der Waals surface area contributed by atoms with Gasteiger partial charge in [0.25, 0.3) is 0 Å². The lowest BCUT2D eigenvalue weighted by atomic mass is 10.2. The van der Waals surface area contributed by atoms with Gasteiger partial charge in [-0.1, -0.05) is 23.2 Å². The SMILES string of the molecule is Cc1cc(I)cc([N+](=O)[O-])c1OCc1c(Cl)ncnc1Cl. The van der Waals surface area contributed by atoms with E-state index in [1.165, 1.54) is 12.4 Å². The Morgan fingerprint density at radius 3 is 2.52 bits per heavy atom. The van der Waals surface area contributed by atoms with E-state index in [1.807, 2.05) is 22.6 Å². The maximum absolute atomic E-state index is 11.1. The van der Waals surface area contributed by atoms with E-state index in [0.717, 1.165) is 3.57 Å². The summed E-state index contributed by atoms with van der Waals surface area (Å²) in [6.45, 7) is 1.68. The molecule has 0 amide bonds. The van der Waals surface area contributed by atoms with Crippen molar-refractivity contribution in [2.75, 3.05) is 0 Å². The Morgan fingerprint density at radius 1 is 1.33 bits per heavy atom. The van der Waals surface area contributed by atoms with Gasteiger partial charge in [0.2, 0.25) is 0 Å². The van der Waals surface area contributed by atoms with E-state index in [1.54, 1.807) is 13.0 Å². The molecule has 0 atom stereocenters. The number of nitro groups is 1. The van der Waals surface area contributed by atoms with Crippen molar-refractivity contribution in [3.8, 4) is 5.75 Å². The molecule has 0 N–H and O–H groups in total. The van der Waals surface area contributed by atoms with Crippen LogP contribution >= 0.6 is 45.8 Å². The van der Waals surface area contributed by atoms with Crippen molar-refractivity contribution in [1.29, 1.82) is 0 Å². The van der Waals surface area contributed by atoms with E-state index in [9.17, 15) is 10.1 Å². The first-order valence-electron chi connectivity index (χ1n) is 5.62. The number of rotatable bonds is 4. The molecule has 0 bridgehead atoms. The normalized spacial score (nSPS) is 10.5. The highest BCUT2D eigenvalue weighted by atomic mass is 127. The summed E-state index contributed by atoms with van der Waals surface area (Å²) in [7, 11) is 0. The van der Waals surface area contributed by atoms with Crippen LogP contribution in [0.4, 0.5) is 5.69 Å². The first kappa shape index (κ1) is 16.2. The highest BCUT2D eigenvalue weighted by Gasteiger charge is 2.20. The van der Waals surface area contributed by atoms with Gasteiger partial charge in [0.05, 0.1) is 10.5 Å². The van der Waals surface area contributed by atoms with Gasteiger partial charge in [-0.3, -0.25) is 10.1 Å². The molecular weight excluding hydrogens is 432 g/mol. The van der Waals surface area contributed by atoms with Crippen molar-refractivity contribution >= 4 is 51.5 Å². The smallest absolute Gasteiger partial charge is 0.312 e. The van der Waals surface area contributed by atoms with Gasteiger partial charge < -0.3 is 4.74 Å². The Labute approximate surface area is 143 Å². The van der Waals surface area contributed by atoms with E-state index in [-0.39, 0.29) is 28.3 Å². The molecule has 1 heterocycles. The van der Waals surface area contributed by atoms with Crippen LogP contribution in [-0.4, -0.2) is 14.9 Å². The second-order valence-electron chi connectivity index (χ2n) is 4.05. The quantitative estimate of drug-likeness (QED) is 0.309. The number of halogens is 3. The Kier molecular flexibility index (Phi) is 5.17. The van der Waals surface area contributed by atoms with Crippen LogP contribution in [-0.2, 0) is 6.61 Å². The Hall–Kier alpha value is -1.19. The molecule has 6 nitrogen and oxygen atoms in total.